The Labute approximate surface area is 144 Å². The normalized spacial score (nSPS) is 14.0. The average Bonchev–Trinajstić information content (AvgIpc) is 2.40. The molecule has 0 aliphatic heterocycles. The number of benzene rings is 1. The first kappa shape index (κ1) is 19.6. The minimum atomic E-state index is -4.05. The van der Waals surface area contributed by atoms with Crippen LogP contribution in [0.15, 0.2) is 24.3 Å². The zero-order valence-electron chi connectivity index (χ0n) is 13.3. The molecule has 1 rings (SSSR count). The lowest BCUT2D eigenvalue weighted by Gasteiger charge is -2.20. The van der Waals surface area contributed by atoms with Crippen LogP contribution in [0.2, 0.25) is 0 Å². The van der Waals surface area contributed by atoms with Crippen molar-refractivity contribution in [2.45, 2.75) is 62.0 Å². The van der Waals surface area contributed by atoms with Gasteiger partial charge in [0, 0.05) is 10.3 Å². The third-order valence-electron chi connectivity index (χ3n) is 3.37. The Morgan fingerprint density at radius 1 is 1.14 bits per heavy atom. The molecular formula is C17H24F3IO. The highest BCUT2D eigenvalue weighted by Gasteiger charge is 2.27. The van der Waals surface area contributed by atoms with Gasteiger partial charge in [0.2, 0.25) is 0 Å². The van der Waals surface area contributed by atoms with Gasteiger partial charge in [-0.05, 0) is 42.4 Å². The largest absolute Gasteiger partial charge is 0.494 e. The zero-order chi connectivity index (χ0) is 16.8. The Hall–Kier alpha value is -0.460. The van der Waals surface area contributed by atoms with E-state index in [0.717, 1.165) is 18.6 Å². The smallest absolute Gasteiger partial charge is 0.389 e. The monoisotopic (exact) mass is 428 g/mol. The maximum atomic E-state index is 12.1. The van der Waals surface area contributed by atoms with Crippen LogP contribution >= 0.6 is 22.6 Å². The van der Waals surface area contributed by atoms with Crippen molar-refractivity contribution in [3.8, 4) is 5.75 Å². The van der Waals surface area contributed by atoms with Crippen LogP contribution in [0.25, 0.3) is 0 Å². The molecule has 0 bridgehead atoms. The van der Waals surface area contributed by atoms with Crippen molar-refractivity contribution in [1.82, 2.24) is 0 Å². The highest BCUT2D eigenvalue weighted by molar-refractivity contribution is 14.1. The molecule has 1 atom stereocenters. The van der Waals surface area contributed by atoms with E-state index in [9.17, 15) is 13.2 Å². The van der Waals surface area contributed by atoms with Gasteiger partial charge in [0.05, 0.1) is 6.61 Å². The van der Waals surface area contributed by atoms with Gasteiger partial charge in [-0.15, -0.1) is 0 Å². The maximum Gasteiger partial charge on any atom is 0.389 e. The number of hydrogen-bond donors (Lipinski definition) is 0. The molecule has 22 heavy (non-hydrogen) atoms. The third kappa shape index (κ3) is 8.25. The first-order valence-corrected chi connectivity index (χ1v) is 8.77. The summed E-state index contributed by atoms with van der Waals surface area (Å²) < 4.78 is 42.2. The topological polar surface area (TPSA) is 9.23 Å². The molecule has 1 aromatic rings. The molecule has 0 N–H and O–H groups in total. The van der Waals surface area contributed by atoms with Gasteiger partial charge < -0.3 is 4.74 Å². The zero-order valence-corrected chi connectivity index (χ0v) is 15.5. The van der Waals surface area contributed by atoms with Crippen LogP contribution in [0.5, 0.6) is 5.75 Å². The summed E-state index contributed by atoms with van der Waals surface area (Å²) in [6.07, 6.45) is -3.05. The lowest BCUT2D eigenvalue weighted by molar-refractivity contribution is -0.135. The van der Waals surface area contributed by atoms with Crippen molar-refractivity contribution < 1.29 is 17.9 Å². The van der Waals surface area contributed by atoms with Gasteiger partial charge in [-0.25, -0.2) is 0 Å². The Balaban J connectivity index is 2.30. The molecule has 0 radical (unpaired) electrons. The van der Waals surface area contributed by atoms with Crippen molar-refractivity contribution in [3.63, 3.8) is 0 Å². The first-order chi connectivity index (χ1) is 10.1. The Morgan fingerprint density at radius 2 is 1.82 bits per heavy atom. The molecule has 5 heteroatoms. The fourth-order valence-corrected chi connectivity index (χ4v) is 2.76. The minimum absolute atomic E-state index is 0.0451. The quantitative estimate of drug-likeness (QED) is 0.282. The summed E-state index contributed by atoms with van der Waals surface area (Å²) in [5.41, 5.74) is 1.28. The number of halogens is 4. The van der Waals surface area contributed by atoms with Gasteiger partial charge in [0.25, 0.3) is 0 Å². The van der Waals surface area contributed by atoms with Crippen molar-refractivity contribution in [2.75, 3.05) is 6.61 Å². The van der Waals surface area contributed by atoms with Crippen LogP contribution < -0.4 is 4.74 Å². The lowest BCUT2D eigenvalue weighted by atomic mass is 9.87. The summed E-state index contributed by atoms with van der Waals surface area (Å²) in [5, 5.41) is 0. The molecule has 0 saturated heterocycles. The summed E-state index contributed by atoms with van der Waals surface area (Å²) in [7, 11) is 0. The fourth-order valence-electron chi connectivity index (χ4n) is 2.01. The molecule has 126 valence electrons. The third-order valence-corrected chi connectivity index (χ3v) is 4.62. The molecule has 0 saturated carbocycles. The van der Waals surface area contributed by atoms with Crippen molar-refractivity contribution in [1.29, 1.82) is 0 Å². The van der Waals surface area contributed by atoms with Gasteiger partial charge in [0.1, 0.15) is 5.75 Å². The fraction of sp³-hybridized carbons (Fsp3) is 0.647. The van der Waals surface area contributed by atoms with Crippen LogP contribution in [-0.4, -0.2) is 16.7 Å². The summed E-state index contributed by atoms with van der Waals surface area (Å²) >= 11 is 2.10. The van der Waals surface area contributed by atoms with Crippen LogP contribution in [-0.2, 0) is 5.41 Å². The number of ether oxygens (including phenoxy) is 1. The molecular weight excluding hydrogens is 404 g/mol. The van der Waals surface area contributed by atoms with E-state index in [1.165, 1.54) is 5.56 Å². The Morgan fingerprint density at radius 3 is 2.41 bits per heavy atom. The van der Waals surface area contributed by atoms with Gasteiger partial charge in [0.15, 0.2) is 0 Å². The summed E-state index contributed by atoms with van der Waals surface area (Å²) in [5.74, 6) is 0.827. The molecule has 0 aromatic heterocycles. The molecule has 0 aliphatic carbocycles. The molecule has 1 unspecified atom stereocenters. The summed E-state index contributed by atoms with van der Waals surface area (Å²) in [6, 6.07) is 8.00. The van der Waals surface area contributed by atoms with Gasteiger partial charge in [-0.3, -0.25) is 0 Å². The van der Waals surface area contributed by atoms with E-state index < -0.39 is 12.6 Å². The number of rotatable bonds is 7. The van der Waals surface area contributed by atoms with Crippen LogP contribution in [0, 0.1) is 0 Å². The number of hydrogen-bond acceptors (Lipinski definition) is 1. The van der Waals surface area contributed by atoms with E-state index in [4.69, 9.17) is 4.74 Å². The van der Waals surface area contributed by atoms with E-state index in [0.29, 0.717) is 6.61 Å². The highest BCUT2D eigenvalue weighted by atomic mass is 127. The molecule has 0 fully saturated rings. The SMILES string of the molecule is CC(C)(C)c1cccc(OCCCC(I)CCC(F)(F)F)c1. The van der Waals surface area contributed by atoms with Gasteiger partial charge >= 0.3 is 6.18 Å². The van der Waals surface area contributed by atoms with Crippen molar-refractivity contribution in [3.05, 3.63) is 29.8 Å². The molecule has 0 spiro atoms. The lowest BCUT2D eigenvalue weighted by Crippen LogP contribution is -2.12. The predicted octanol–water partition coefficient (Wildman–Crippen LogP) is 6.29. The highest BCUT2D eigenvalue weighted by Crippen LogP contribution is 2.27. The second-order valence-corrected chi connectivity index (χ2v) is 8.28. The van der Waals surface area contributed by atoms with E-state index in [1.807, 2.05) is 18.2 Å². The summed E-state index contributed by atoms with van der Waals surface area (Å²) in [6.45, 7) is 6.98. The molecule has 0 aliphatic rings. The van der Waals surface area contributed by atoms with Gasteiger partial charge in [-0.1, -0.05) is 55.5 Å². The van der Waals surface area contributed by atoms with Gasteiger partial charge in [-0.2, -0.15) is 13.2 Å². The molecule has 0 heterocycles. The maximum absolute atomic E-state index is 12.1. The van der Waals surface area contributed by atoms with Crippen LogP contribution in [0.3, 0.4) is 0 Å². The van der Waals surface area contributed by atoms with Crippen LogP contribution in [0.4, 0.5) is 13.2 Å². The second kappa shape index (κ2) is 8.41. The van der Waals surface area contributed by atoms with Crippen LogP contribution in [0.1, 0.15) is 52.0 Å². The predicted molar refractivity (Wildman–Crippen MR) is 93.0 cm³/mol. The standard InChI is InChI=1S/C17H24F3IO/c1-16(2,3)13-6-4-8-15(12-13)22-11-5-7-14(21)9-10-17(18,19)20/h4,6,8,12,14H,5,7,9-11H2,1-3H3. The minimum Gasteiger partial charge on any atom is -0.494 e. The Bertz CT molecular complexity index is 452. The van der Waals surface area contributed by atoms with Crippen molar-refractivity contribution >= 4 is 22.6 Å². The van der Waals surface area contributed by atoms with E-state index >= 15 is 0 Å². The Kier molecular flexibility index (Phi) is 7.49. The second-order valence-electron chi connectivity index (χ2n) is 6.52. The molecule has 1 aromatic carbocycles. The molecule has 0 amide bonds. The average molecular weight is 428 g/mol. The van der Waals surface area contributed by atoms with E-state index in [1.54, 1.807) is 0 Å². The van der Waals surface area contributed by atoms with Crippen molar-refractivity contribution in [2.24, 2.45) is 0 Å². The van der Waals surface area contributed by atoms with E-state index in [-0.39, 0.29) is 15.8 Å². The molecule has 1 nitrogen and oxygen atoms in total. The van der Waals surface area contributed by atoms with E-state index in [2.05, 4.69) is 49.4 Å². The summed E-state index contributed by atoms with van der Waals surface area (Å²) in [4.78, 5) is 0. The first-order valence-electron chi connectivity index (χ1n) is 7.52. The number of alkyl halides is 4.